The first-order valence-corrected chi connectivity index (χ1v) is 10.8. The minimum Gasteiger partial charge on any atom is -0.427 e. The fourth-order valence-electron chi connectivity index (χ4n) is 3.27. The molecule has 8 nitrogen and oxygen atoms in total. The molecule has 9 heteroatoms. The van der Waals surface area contributed by atoms with Gasteiger partial charge in [-0.1, -0.05) is 38.1 Å². The van der Waals surface area contributed by atoms with Crippen LogP contribution < -0.4 is 9.53 Å². The van der Waals surface area contributed by atoms with Gasteiger partial charge in [0.1, 0.15) is 12.5 Å². The third-order valence-corrected chi connectivity index (χ3v) is 5.18. The Morgan fingerprint density at radius 2 is 1.93 bits per heavy atom. The Kier molecular flexibility index (Phi) is 7.77. The van der Waals surface area contributed by atoms with E-state index < -0.39 is 14.7 Å². The average Bonchev–Trinajstić information content (AvgIpc) is 3.03. The summed E-state index contributed by atoms with van der Waals surface area (Å²) < 4.78 is 16.1. The number of amides is 1. The van der Waals surface area contributed by atoms with Gasteiger partial charge in [0, 0.05) is 7.11 Å². The molecule has 2 N–H and O–H groups in total. The van der Waals surface area contributed by atoms with Gasteiger partial charge in [-0.3, -0.25) is 4.79 Å². The largest absolute Gasteiger partial charge is 0.427 e. The summed E-state index contributed by atoms with van der Waals surface area (Å²) in [5, 5.41) is 3.43. The molecule has 0 spiro atoms. The van der Waals surface area contributed by atoms with Gasteiger partial charge in [-0.2, -0.15) is 5.01 Å². The molecule has 0 saturated carbocycles. The van der Waals surface area contributed by atoms with Crippen LogP contribution >= 0.6 is 8.60 Å². The standard InChI is InChI=1S/C21H27N2O6P/c1-15(2)17-7-5-8-18(11-17)23-21(24)20(27-3)12-22(23)14-28-13-16-6-4-9-19(10-16)29-30(25)26/h4-11,15,20,25-26H,12-14H2,1-3H3. The number of nitrogens with zero attached hydrogens (tertiary/aromatic N) is 2. The molecule has 0 bridgehead atoms. The second kappa shape index (κ2) is 10.3. The van der Waals surface area contributed by atoms with Crippen molar-refractivity contribution in [1.82, 2.24) is 5.01 Å². The summed E-state index contributed by atoms with van der Waals surface area (Å²) in [6.07, 6.45) is -0.554. The summed E-state index contributed by atoms with van der Waals surface area (Å²) in [6.45, 7) is 5.07. The Balaban J connectivity index is 1.69. The summed E-state index contributed by atoms with van der Waals surface area (Å²) >= 11 is 0. The average molecular weight is 434 g/mol. The van der Waals surface area contributed by atoms with E-state index in [2.05, 4.69) is 13.8 Å². The van der Waals surface area contributed by atoms with Crippen LogP contribution in [0.15, 0.2) is 48.5 Å². The third kappa shape index (κ3) is 5.55. The van der Waals surface area contributed by atoms with Crippen molar-refractivity contribution >= 4 is 20.2 Å². The molecule has 1 atom stereocenters. The molecule has 1 aliphatic heterocycles. The first kappa shape index (κ1) is 22.6. The Morgan fingerprint density at radius 3 is 2.63 bits per heavy atom. The Bertz CT molecular complexity index is 863. The monoisotopic (exact) mass is 434 g/mol. The predicted molar refractivity (Wildman–Crippen MR) is 114 cm³/mol. The zero-order valence-corrected chi connectivity index (χ0v) is 18.2. The quantitative estimate of drug-likeness (QED) is 0.586. The second-order valence-electron chi connectivity index (χ2n) is 7.28. The van der Waals surface area contributed by atoms with Gasteiger partial charge in [0.25, 0.3) is 5.91 Å². The first-order valence-electron chi connectivity index (χ1n) is 9.63. The van der Waals surface area contributed by atoms with Crippen LogP contribution in [0.25, 0.3) is 0 Å². The Morgan fingerprint density at radius 1 is 1.17 bits per heavy atom. The number of carbonyl (C=O) groups is 1. The molecule has 2 aromatic rings. The topological polar surface area (TPSA) is 91.7 Å². The number of hydrogen-bond donors (Lipinski definition) is 2. The molecule has 3 rings (SSSR count). The molecule has 1 amide bonds. The lowest BCUT2D eigenvalue weighted by Gasteiger charge is -2.27. The molecule has 1 fully saturated rings. The van der Waals surface area contributed by atoms with Crippen molar-refractivity contribution in [2.75, 3.05) is 25.4 Å². The molecule has 1 saturated heterocycles. The van der Waals surface area contributed by atoms with Gasteiger partial charge >= 0.3 is 8.60 Å². The minimum atomic E-state index is -2.47. The van der Waals surface area contributed by atoms with Crippen LogP contribution in [0, 0.1) is 0 Å². The zero-order valence-electron chi connectivity index (χ0n) is 17.3. The predicted octanol–water partition coefficient (Wildman–Crippen LogP) is 3.15. The molecule has 30 heavy (non-hydrogen) atoms. The van der Waals surface area contributed by atoms with Crippen LogP contribution in [-0.4, -0.2) is 47.2 Å². The zero-order chi connectivity index (χ0) is 21.7. The van der Waals surface area contributed by atoms with Crippen LogP contribution in [0.3, 0.4) is 0 Å². The fourth-order valence-corrected chi connectivity index (χ4v) is 3.58. The molecule has 162 valence electrons. The molecule has 0 aliphatic carbocycles. The van der Waals surface area contributed by atoms with E-state index in [1.807, 2.05) is 35.3 Å². The summed E-state index contributed by atoms with van der Waals surface area (Å²) in [7, 11) is -0.942. The molecular formula is C21H27N2O6P. The van der Waals surface area contributed by atoms with Crippen molar-refractivity contribution in [3.05, 3.63) is 59.7 Å². The smallest absolute Gasteiger partial charge is 0.391 e. The Labute approximate surface area is 177 Å². The van der Waals surface area contributed by atoms with Crippen molar-refractivity contribution in [1.29, 1.82) is 0 Å². The minimum absolute atomic E-state index is 0.128. The normalized spacial score (nSPS) is 17.4. The summed E-state index contributed by atoms with van der Waals surface area (Å²) in [5.74, 6) is 0.575. The highest BCUT2D eigenvalue weighted by Crippen LogP contribution is 2.30. The van der Waals surface area contributed by atoms with Crippen molar-refractivity contribution in [2.24, 2.45) is 0 Å². The van der Waals surface area contributed by atoms with E-state index in [4.69, 9.17) is 23.8 Å². The van der Waals surface area contributed by atoms with Crippen LogP contribution in [-0.2, 0) is 20.9 Å². The van der Waals surface area contributed by atoms with Crippen LogP contribution in [0.5, 0.6) is 5.75 Å². The first-order chi connectivity index (χ1) is 14.4. The number of anilines is 1. The van der Waals surface area contributed by atoms with Crippen molar-refractivity contribution < 1.29 is 28.6 Å². The fraction of sp³-hybridized carbons (Fsp3) is 0.381. The number of hydrazine groups is 1. The van der Waals surface area contributed by atoms with Crippen LogP contribution in [0.4, 0.5) is 5.69 Å². The number of benzene rings is 2. The lowest BCUT2D eigenvalue weighted by atomic mass is 10.0. The van der Waals surface area contributed by atoms with Gasteiger partial charge in [0.2, 0.25) is 0 Å². The highest BCUT2D eigenvalue weighted by atomic mass is 31.2. The number of ether oxygens (including phenoxy) is 2. The molecule has 2 aromatic carbocycles. The van der Waals surface area contributed by atoms with Crippen LogP contribution in [0.1, 0.15) is 30.9 Å². The van der Waals surface area contributed by atoms with Gasteiger partial charge in [-0.15, -0.1) is 0 Å². The Hall–Kier alpha value is -2.06. The van der Waals surface area contributed by atoms with Crippen molar-refractivity contribution in [2.45, 2.75) is 32.5 Å². The maximum Gasteiger partial charge on any atom is 0.391 e. The summed E-state index contributed by atoms with van der Waals surface area (Å²) in [6, 6.07) is 14.8. The highest BCUT2D eigenvalue weighted by molar-refractivity contribution is 7.39. The van der Waals surface area contributed by atoms with Gasteiger partial charge < -0.3 is 23.8 Å². The SMILES string of the molecule is COC1CN(COCc2cccc(OP(O)O)c2)N(c2cccc(C(C)C)c2)C1=O. The lowest BCUT2D eigenvalue weighted by molar-refractivity contribution is -0.125. The van der Waals surface area contributed by atoms with Gasteiger partial charge in [-0.05, 0) is 41.3 Å². The van der Waals surface area contributed by atoms with E-state index in [0.29, 0.717) is 18.2 Å². The third-order valence-electron chi connectivity index (χ3n) is 4.80. The van der Waals surface area contributed by atoms with E-state index in [9.17, 15) is 4.79 Å². The van der Waals surface area contributed by atoms with E-state index in [1.165, 1.54) is 7.11 Å². The number of rotatable bonds is 9. The maximum atomic E-state index is 12.9. The lowest BCUT2D eigenvalue weighted by Crippen LogP contribution is -2.40. The van der Waals surface area contributed by atoms with E-state index >= 15 is 0 Å². The molecule has 1 aliphatic rings. The number of hydrogen-bond acceptors (Lipinski definition) is 7. The molecule has 1 heterocycles. The molecular weight excluding hydrogens is 407 g/mol. The highest BCUT2D eigenvalue weighted by Gasteiger charge is 2.39. The van der Waals surface area contributed by atoms with Crippen LogP contribution in [0.2, 0.25) is 0 Å². The number of carbonyl (C=O) groups excluding carboxylic acids is 1. The molecule has 0 radical (unpaired) electrons. The number of methoxy groups -OCH3 is 1. The van der Waals surface area contributed by atoms with E-state index in [0.717, 1.165) is 16.8 Å². The summed E-state index contributed by atoms with van der Waals surface area (Å²) in [4.78, 5) is 30.8. The van der Waals surface area contributed by atoms with Crippen molar-refractivity contribution in [3.8, 4) is 5.75 Å². The maximum absolute atomic E-state index is 12.9. The van der Waals surface area contributed by atoms with Gasteiger partial charge in [0.15, 0.2) is 6.10 Å². The molecule has 1 unspecified atom stereocenters. The summed E-state index contributed by atoms with van der Waals surface area (Å²) in [5.41, 5.74) is 2.74. The molecule has 0 aromatic heterocycles. The van der Waals surface area contributed by atoms with E-state index in [-0.39, 0.29) is 19.2 Å². The van der Waals surface area contributed by atoms with Crippen molar-refractivity contribution in [3.63, 3.8) is 0 Å². The second-order valence-corrected chi connectivity index (χ2v) is 7.97. The van der Waals surface area contributed by atoms with Gasteiger partial charge in [0.05, 0.1) is 18.8 Å². The van der Waals surface area contributed by atoms with Gasteiger partial charge in [-0.25, -0.2) is 5.01 Å². The van der Waals surface area contributed by atoms with E-state index in [1.54, 1.807) is 23.2 Å².